The molecule has 2 rings (SSSR count). The minimum absolute atomic E-state index is 0.0520. The number of aromatic hydroxyl groups is 2. The fourth-order valence-corrected chi connectivity index (χ4v) is 2.13. The molecule has 1 unspecified atom stereocenters. The van der Waals surface area contributed by atoms with Crippen molar-refractivity contribution in [3.05, 3.63) is 35.9 Å². The molecule has 1 aliphatic carbocycles. The molecular formula is C14H17NO3. The second-order valence-corrected chi connectivity index (χ2v) is 4.53. The molecule has 0 aliphatic heterocycles. The quantitative estimate of drug-likeness (QED) is 0.717. The first-order valence-corrected chi connectivity index (χ1v) is 6.12. The zero-order valence-corrected chi connectivity index (χ0v) is 10.1. The van der Waals surface area contributed by atoms with Crippen LogP contribution >= 0.6 is 0 Å². The van der Waals surface area contributed by atoms with Gasteiger partial charge in [0.25, 0.3) is 5.91 Å². The van der Waals surface area contributed by atoms with Crippen LogP contribution in [-0.2, 0) is 0 Å². The van der Waals surface area contributed by atoms with Crippen LogP contribution in [0.5, 0.6) is 11.5 Å². The second-order valence-electron chi connectivity index (χ2n) is 4.53. The summed E-state index contributed by atoms with van der Waals surface area (Å²) in [5, 5.41) is 21.9. The SMILES string of the molecule is O=C(NCC1CC=CCC1)c1c(O)cccc1O. The number of phenols is 2. The average Bonchev–Trinajstić information content (AvgIpc) is 2.37. The van der Waals surface area contributed by atoms with E-state index in [1.165, 1.54) is 18.2 Å². The lowest BCUT2D eigenvalue weighted by atomic mass is 9.94. The molecule has 1 atom stereocenters. The van der Waals surface area contributed by atoms with Crippen LogP contribution in [0.1, 0.15) is 29.6 Å². The van der Waals surface area contributed by atoms with E-state index < -0.39 is 5.91 Å². The van der Waals surface area contributed by atoms with E-state index in [1.54, 1.807) is 0 Å². The molecule has 96 valence electrons. The van der Waals surface area contributed by atoms with Crippen molar-refractivity contribution in [2.75, 3.05) is 6.54 Å². The summed E-state index contributed by atoms with van der Waals surface area (Å²) in [6.45, 7) is 0.566. The Morgan fingerprint density at radius 2 is 2.00 bits per heavy atom. The van der Waals surface area contributed by atoms with Crippen LogP contribution in [-0.4, -0.2) is 22.7 Å². The highest BCUT2D eigenvalue weighted by atomic mass is 16.3. The molecular weight excluding hydrogens is 230 g/mol. The van der Waals surface area contributed by atoms with Gasteiger partial charge < -0.3 is 15.5 Å². The number of hydrogen-bond acceptors (Lipinski definition) is 3. The third-order valence-electron chi connectivity index (χ3n) is 3.18. The van der Waals surface area contributed by atoms with Crippen molar-refractivity contribution >= 4 is 5.91 Å². The minimum Gasteiger partial charge on any atom is -0.507 e. The van der Waals surface area contributed by atoms with Crippen LogP contribution in [0, 0.1) is 5.92 Å². The molecule has 0 saturated carbocycles. The molecule has 1 aromatic carbocycles. The normalized spacial score (nSPS) is 18.6. The molecule has 0 spiro atoms. The summed E-state index contributed by atoms with van der Waals surface area (Å²) in [6.07, 6.45) is 7.34. The Hall–Kier alpha value is -1.97. The molecule has 0 bridgehead atoms. The smallest absolute Gasteiger partial charge is 0.258 e. The predicted octanol–water partition coefficient (Wildman–Crippen LogP) is 2.18. The van der Waals surface area contributed by atoms with Crippen LogP contribution < -0.4 is 5.32 Å². The molecule has 18 heavy (non-hydrogen) atoms. The maximum absolute atomic E-state index is 11.9. The maximum Gasteiger partial charge on any atom is 0.258 e. The fourth-order valence-electron chi connectivity index (χ4n) is 2.13. The number of phenolic OH excluding ortho intramolecular Hbond substituents is 2. The van der Waals surface area contributed by atoms with Crippen molar-refractivity contribution < 1.29 is 15.0 Å². The molecule has 0 aromatic heterocycles. The van der Waals surface area contributed by atoms with Gasteiger partial charge in [-0.15, -0.1) is 0 Å². The van der Waals surface area contributed by atoms with Gasteiger partial charge in [0, 0.05) is 6.54 Å². The maximum atomic E-state index is 11.9. The van der Waals surface area contributed by atoms with Crippen LogP contribution in [0.15, 0.2) is 30.4 Å². The third kappa shape index (κ3) is 2.83. The highest BCUT2D eigenvalue weighted by Gasteiger charge is 2.17. The van der Waals surface area contributed by atoms with Gasteiger partial charge in [0.2, 0.25) is 0 Å². The van der Waals surface area contributed by atoms with Gasteiger partial charge in [-0.1, -0.05) is 18.2 Å². The summed E-state index contributed by atoms with van der Waals surface area (Å²) in [5.41, 5.74) is -0.0520. The monoisotopic (exact) mass is 247 g/mol. The van der Waals surface area contributed by atoms with Crippen molar-refractivity contribution in [2.24, 2.45) is 5.92 Å². The van der Waals surface area contributed by atoms with Gasteiger partial charge >= 0.3 is 0 Å². The Labute approximate surface area is 106 Å². The summed E-state index contributed by atoms with van der Waals surface area (Å²) in [5.74, 6) is -0.390. The van der Waals surface area contributed by atoms with Gasteiger partial charge in [-0.3, -0.25) is 4.79 Å². The fraction of sp³-hybridized carbons (Fsp3) is 0.357. The van der Waals surface area contributed by atoms with E-state index in [0.29, 0.717) is 12.5 Å². The van der Waals surface area contributed by atoms with E-state index in [1.807, 2.05) is 0 Å². The van der Waals surface area contributed by atoms with E-state index in [0.717, 1.165) is 19.3 Å². The molecule has 4 nitrogen and oxygen atoms in total. The topological polar surface area (TPSA) is 69.6 Å². The number of nitrogens with one attached hydrogen (secondary N) is 1. The van der Waals surface area contributed by atoms with Gasteiger partial charge in [-0.05, 0) is 37.3 Å². The van der Waals surface area contributed by atoms with Crippen molar-refractivity contribution in [1.82, 2.24) is 5.32 Å². The molecule has 0 fully saturated rings. The summed E-state index contributed by atoms with van der Waals surface area (Å²) < 4.78 is 0. The van der Waals surface area contributed by atoms with E-state index in [4.69, 9.17) is 0 Å². The lowest BCUT2D eigenvalue weighted by Crippen LogP contribution is -2.29. The number of benzene rings is 1. The molecule has 0 heterocycles. The molecule has 0 saturated heterocycles. The van der Waals surface area contributed by atoms with E-state index in [2.05, 4.69) is 17.5 Å². The number of carbonyl (C=O) groups excluding carboxylic acids is 1. The van der Waals surface area contributed by atoms with Gasteiger partial charge in [0.1, 0.15) is 17.1 Å². The molecule has 3 N–H and O–H groups in total. The van der Waals surface area contributed by atoms with Crippen LogP contribution in [0.3, 0.4) is 0 Å². The van der Waals surface area contributed by atoms with Gasteiger partial charge in [0.05, 0.1) is 0 Å². The summed E-state index contributed by atoms with van der Waals surface area (Å²) in [6, 6.07) is 4.27. The molecule has 1 aromatic rings. The molecule has 4 heteroatoms. The number of rotatable bonds is 3. The largest absolute Gasteiger partial charge is 0.507 e. The van der Waals surface area contributed by atoms with E-state index >= 15 is 0 Å². The Kier molecular flexibility index (Phi) is 3.87. The Morgan fingerprint density at radius 3 is 2.61 bits per heavy atom. The highest BCUT2D eigenvalue weighted by molar-refractivity contribution is 5.99. The molecule has 1 aliphatic rings. The van der Waals surface area contributed by atoms with Gasteiger partial charge in [-0.25, -0.2) is 0 Å². The number of hydrogen-bond donors (Lipinski definition) is 3. The van der Waals surface area contributed by atoms with Crippen LogP contribution in [0.2, 0.25) is 0 Å². The minimum atomic E-state index is -0.430. The zero-order valence-electron chi connectivity index (χ0n) is 10.1. The summed E-state index contributed by atoms with van der Waals surface area (Å²) in [7, 11) is 0. The standard InChI is InChI=1S/C14H17NO3/c16-11-7-4-8-12(17)13(11)14(18)15-9-10-5-2-1-3-6-10/h1-2,4,7-8,10,16-17H,3,5-6,9H2,(H,15,18). The first kappa shape index (κ1) is 12.5. The summed E-state index contributed by atoms with van der Waals surface area (Å²) in [4.78, 5) is 11.9. The van der Waals surface area contributed by atoms with E-state index in [9.17, 15) is 15.0 Å². The summed E-state index contributed by atoms with van der Waals surface area (Å²) >= 11 is 0. The van der Waals surface area contributed by atoms with Crippen molar-refractivity contribution in [1.29, 1.82) is 0 Å². The average molecular weight is 247 g/mol. The Morgan fingerprint density at radius 1 is 1.28 bits per heavy atom. The number of allylic oxidation sites excluding steroid dienone is 2. The first-order chi connectivity index (χ1) is 8.68. The molecule has 1 amide bonds. The number of amides is 1. The lowest BCUT2D eigenvalue weighted by Gasteiger charge is -2.18. The Bertz CT molecular complexity index is 448. The second kappa shape index (κ2) is 5.58. The molecule has 0 radical (unpaired) electrons. The van der Waals surface area contributed by atoms with Crippen LogP contribution in [0.4, 0.5) is 0 Å². The number of carbonyl (C=O) groups is 1. The van der Waals surface area contributed by atoms with Gasteiger partial charge in [-0.2, -0.15) is 0 Å². The van der Waals surface area contributed by atoms with Crippen molar-refractivity contribution in [3.8, 4) is 11.5 Å². The predicted molar refractivity (Wildman–Crippen MR) is 68.6 cm³/mol. The van der Waals surface area contributed by atoms with Gasteiger partial charge in [0.15, 0.2) is 0 Å². The first-order valence-electron chi connectivity index (χ1n) is 6.12. The Balaban J connectivity index is 1.97. The zero-order chi connectivity index (χ0) is 13.0. The third-order valence-corrected chi connectivity index (χ3v) is 3.18. The van der Waals surface area contributed by atoms with Crippen LogP contribution in [0.25, 0.3) is 0 Å². The van der Waals surface area contributed by atoms with E-state index in [-0.39, 0.29) is 17.1 Å². The lowest BCUT2D eigenvalue weighted by molar-refractivity contribution is 0.0941. The highest BCUT2D eigenvalue weighted by Crippen LogP contribution is 2.26. The van der Waals surface area contributed by atoms with Crippen molar-refractivity contribution in [2.45, 2.75) is 19.3 Å². The van der Waals surface area contributed by atoms with Crippen molar-refractivity contribution in [3.63, 3.8) is 0 Å².